The van der Waals surface area contributed by atoms with Gasteiger partial charge in [0.05, 0.1) is 18.0 Å². The lowest BCUT2D eigenvalue weighted by Crippen LogP contribution is -3.08. The van der Waals surface area contributed by atoms with E-state index in [2.05, 4.69) is 53.5 Å². The fourth-order valence-corrected chi connectivity index (χ4v) is 3.70. The molecule has 5 heteroatoms. The summed E-state index contributed by atoms with van der Waals surface area (Å²) in [5.74, 6) is 1.81. The molecule has 2 heterocycles. The van der Waals surface area contributed by atoms with E-state index in [-0.39, 0.29) is 12.4 Å². The van der Waals surface area contributed by atoms with Crippen molar-refractivity contribution in [3.05, 3.63) is 125 Å². The van der Waals surface area contributed by atoms with E-state index in [1.807, 2.05) is 55.0 Å². The molecule has 0 amide bonds. The minimum atomic E-state index is 0. The number of ether oxygens (including phenoxy) is 1. The number of halogens is 1. The van der Waals surface area contributed by atoms with E-state index in [1.165, 1.54) is 5.56 Å². The molecule has 0 saturated carbocycles. The third-order valence-corrected chi connectivity index (χ3v) is 5.20. The first-order chi connectivity index (χ1) is 14.9. The van der Waals surface area contributed by atoms with Gasteiger partial charge in [0.1, 0.15) is 24.3 Å². The predicted molar refractivity (Wildman–Crippen MR) is 120 cm³/mol. The van der Waals surface area contributed by atoms with Crippen LogP contribution in [-0.4, -0.2) is 12.1 Å². The molecule has 2 aliphatic rings. The number of nitrogens with zero attached hydrogens (tertiary/aromatic N) is 2. The van der Waals surface area contributed by atoms with Gasteiger partial charge in [-0.15, -0.1) is 0 Å². The van der Waals surface area contributed by atoms with Gasteiger partial charge in [0.15, 0.2) is 5.70 Å². The van der Waals surface area contributed by atoms with Crippen LogP contribution in [0, 0.1) is 0 Å². The van der Waals surface area contributed by atoms with Gasteiger partial charge in [-0.3, -0.25) is 4.99 Å². The lowest BCUT2D eigenvalue weighted by Gasteiger charge is -2.14. The zero-order valence-corrected chi connectivity index (χ0v) is 17.7. The van der Waals surface area contributed by atoms with Gasteiger partial charge < -0.3 is 17.1 Å². The van der Waals surface area contributed by atoms with Gasteiger partial charge in [-0.25, -0.2) is 4.90 Å². The molecule has 0 aliphatic carbocycles. The molecule has 0 bridgehead atoms. The van der Waals surface area contributed by atoms with Crippen molar-refractivity contribution < 1.29 is 22.0 Å². The first-order valence-electron chi connectivity index (χ1n) is 10.1. The smallest absolute Gasteiger partial charge is 0.243 e. The molecular weight excluding hydrogens is 406 g/mol. The lowest BCUT2D eigenvalue weighted by atomic mass is 10.1. The molecule has 1 N–H and O–H groups in total. The Kier molecular flexibility index (Phi) is 6.41. The van der Waals surface area contributed by atoms with Gasteiger partial charge >= 0.3 is 0 Å². The number of fused-ring (bicyclic) bond motifs is 1. The number of allylic oxidation sites excluding steroid dienone is 2. The first-order valence-corrected chi connectivity index (χ1v) is 10.1. The second kappa shape index (κ2) is 9.56. The highest BCUT2D eigenvalue weighted by Gasteiger charge is 2.33. The fraction of sp³-hybridized carbons (Fsp3) is 0.0769. The Morgan fingerprint density at radius 3 is 2.32 bits per heavy atom. The average molecular weight is 428 g/mol. The second-order valence-corrected chi connectivity index (χ2v) is 7.29. The van der Waals surface area contributed by atoms with E-state index in [4.69, 9.17) is 9.73 Å². The van der Waals surface area contributed by atoms with Crippen molar-refractivity contribution in [2.45, 2.75) is 13.0 Å². The molecule has 5 rings (SSSR count). The summed E-state index contributed by atoms with van der Waals surface area (Å²) >= 11 is 0. The van der Waals surface area contributed by atoms with E-state index in [0.29, 0.717) is 6.61 Å². The van der Waals surface area contributed by atoms with E-state index < -0.39 is 0 Å². The summed E-state index contributed by atoms with van der Waals surface area (Å²) in [6.45, 7) is 0.544. The molecule has 31 heavy (non-hydrogen) atoms. The van der Waals surface area contributed by atoms with Crippen molar-refractivity contribution in [2.75, 3.05) is 0 Å². The van der Waals surface area contributed by atoms with Crippen LogP contribution in [-0.2, 0) is 13.0 Å². The highest BCUT2D eigenvalue weighted by Crippen LogP contribution is 2.20. The third kappa shape index (κ3) is 4.66. The van der Waals surface area contributed by atoms with Crippen LogP contribution in [0.25, 0.3) is 0 Å². The Hall–Kier alpha value is -3.47. The van der Waals surface area contributed by atoms with Crippen LogP contribution < -0.4 is 22.0 Å². The molecule has 4 nitrogen and oxygen atoms in total. The summed E-state index contributed by atoms with van der Waals surface area (Å²) in [5.41, 5.74) is 5.60. The summed E-state index contributed by atoms with van der Waals surface area (Å²) in [4.78, 5) is 10.5. The number of aliphatic imine (C=N–C) groups is 2. The number of benzene rings is 3. The van der Waals surface area contributed by atoms with Gasteiger partial charge in [-0.1, -0.05) is 66.7 Å². The van der Waals surface area contributed by atoms with Crippen molar-refractivity contribution in [1.29, 1.82) is 0 Å². The number of nitrogens with one attached hydrogen (secondary N) is 1. The highest BCUT2D eigenvalue weighted by molar-refractivity contribution is 5.98. The Morgan fingerprint density at radius 2 is 1.55 bits per heavy atom. The molecule has 2 aliphatic heterocycles. The summed E-state index contributed by atoms with van der Waals surface area (Å²) < 4.78 is 6.03. The van der Waals surface area contributed by atoms with E-state index in [0.717, 1.165) is 45.4 Å². The van der Waals surface area contributed by atoms with Gasteiger partial charge in [0.2, 0.25) is 5.84 Å². The highest BCUT2D eigenvalue weighted by atomic mass is 35.5. The van der Waals surface area contributed by atoms with Gasteiger partial charge in [0, 0.05) is 6.42 Å². The van der Waals surface area contributed by atoms with Crippen molar-refractivity contribution in [3.63, 3.8) is 0 Å². The molecule has 3 aromatic rings. The van der Waals surface area contributed by atoms with Crippen molar-refractivity contribution in [3.8, 4) is 5.75 Å². The van der Waals surface area contributed by atoms with Crippen LogP contribution in [0.5, 0.6) is 5.75 Å². The van der Waals surface area contributed by atoms with Gasteiger partial charge in [-0.2, -0.15) is 4.99 Å². The van der Waals surface area contributed by atoms with Crippen LogP contribution >= 0.6 is 0 Å². The van der Waals surface area contributed by atoms with Crippen LogP contribution in [0.1, 0.15) is 16.7 Å². The molecule has 154 valence electrons. The van der Waals surface area contributed by atoms with Gasteiger partial charge in [0.25, 0.3) is 0 Å². The topological polar surface area (TPSA) is 38.4 Å². The summed E-state index contributed by atoms with van der Waals surface area (Å²) in [6.07, 6.45) is 6.58. The predicted octanol–water partition coefficient (Wildman–Crippen LogP) is 0.925. The Morgan fingerprint density at radius 1 is 0.806 bits per heavy atom. The molecule has 1 unspecified atom stereocenters. The largest absolute Gasteiger partial charge is 1.00 e. The maximum atomic E-state index is 6.03. The maximum Gasteiger partial charge on any atom is 0.243 e. The standard InChI is InChI=1S/C26H21N3O.ClH/c1-3-8-20(9-4-1)16-24-25-18-27-14-15-29(25)26(28-24)22-12-7-13-23(17-22)30-19-21-10-5-2-6-11-21;/h1-15,17-18H,16,19H2;1H. The molecule has 0 aromatic heterocycles. The zero-order chi connectivity index (χ0) is 20.2. The number of amidine groups is 1. The second-order valence-electron chi connectivity index (χ2n) is 7.29. The minimum Gasteiger partial charge on any atom is -1.00 e. The van der Waals surface area contributed by atoms with Crippen LogP contribution in [0.3, 0.4) is 0 Å². The number of quaternary nitrogens is 1. The number of rotatable bonds is 6. The summed E-state index contributed by atoms with van der Waals surface area (Å²) in [6, 6.07) is 28.8. The third-order valence-electron chi connectivity index (χ3n) is 5.20. The average Bonchev–Trinajstić information content (AvgIpc) is 3.18. The SMILES string of the molecule is C1=C[NH+]2C(c3cccc(OCc4ccccc4)c3)=NC(Cc3ccccc3)=C2C=N1.[Cl-]. The molecule has 3 aromatic carbocycles. The summed E-state index contributed by atoms with van der Waals surface area (Å²) in [5, 5.41) is 0. The Bertz CT molecular complexity index is 1170. The van der Waals surface area contributed by atoms with E-state index in [9.17, 15) is 0 Å². The van der Waals surface area contributed by atoms with Crippen molar-refractivity contribution >= 4 is 12.1 Å². The van der Waals surface area contributed by atoms with Crippen molar-refractivity contribution in [2.24, 2.45) is 9.98 Å². The number of hydrogen-bond donors (Lipinski definition) is 1. The van der Waals surface area contributed by atoms with Crippen LogP contribution in [0.15, 0.2) is 119 Å². The molecule has 0 radical (unpaired) electrons. The van der Waals surface area contributed by atoms with Gasteiger partial charge in [-0.05, 0) is 29.3 Å². The summed E-state index contributed by atoms with van der Waals surface area (Å²) in [7, 11) is 0. The van der Waals surface area contributed by atoms with E-state index in [1.54, 1.807) is 0 Å². The Labute approximate surface area is 188 Å². The fourth-order valence-electron chi connectivity index (χ4n) is 3.70. The molecule has 1 atom stereocenters. The Balaban J connectivity index is 0.00000231. The quantitative estimate of drug-likeness (QED) is 0.624. The van der Waals surface area contributed by atoms with Crippen molar-refractivity contribution in [1.82, 2.24) is 0 Å². The monoisotopic (exact) mass is 427 g/mol. The normalized spacial score (nSPS) is 16.5. The molecule has 0 spiro atoms. The maximum absolute atomic E-state index is 6.03. The molecule has 0 fully saturated rings. The zero-order valence-electron chi connectivity index (χ0n) is 16.9. The number of hydrogen-bond acceptors (Lipinski definition) is 3. The minimum absolute atomic E-state index is 0. The molecule has 0 saturated heterocycles. The first kappa shape index (κ1) is 20.8. The van der Waals surface area contributed by atoms with Crippen LogP contribution in [0.4, 0.5) is 0 Å². The van der Waals surface area contributed by atoms with Crippen LogP contribution in [0.2, 0.25) is 0 Å². The van der Waals surface area contributed by atoms with E-state index >= 15 is 0 Å². The lowest BCUT2D eigenvalue weighted by molar-refractivity contribution is -0.689. The molecular formula is C26H22ClN3O.